The molecule has 0 spiro atoms. The van der Waals surface area contributed by atoms with Crippen LogP contribution in [0.1, 0.15) is 14.3 Å². The fraction of sp³-hybridized carbons (Fsp3) is 0.462. The van der Waals surface area contributed by atoms with Gasteiger partial charge in [0.2, 0.25) is 0 Å². The first-order valence-corrected chi connectivity index (χ1v) is 5.92. The maximum absolute atomic E-state index is 9.89. The molecule has 0 aromatic carbocycles. The number of halogens is 1. The Morgan fingerprint density at radius 3 is 2.18 bits per heavy atom. The third kappa shape index (κ3) is 23.2. The second-order valence-corrected chi connectivity index (χ2v) is 3.28. The first-order chi connectivity index (χ1) is 10.1. The standard InChI is InChI=1S/C7HClO4.C6H15NO2.H3N/c8-7(9)11-5-3-1-2-4-6-12-10;1-8-6(9-2)4-3-5-7;/h10H;6H,3-5,7H2,1-2H3;1H3/p+1. The van der Waals surface area contributed by atoms with E-state index in [1.54, 1.807) is 20.3 Å². The summed E-state index contributed by atoms with van der Waals surface area (Å²) in [6.07, 6.45) is 5.42. The molecule has 0 fully saturated rings. The molecule has 6 N–H and O–H groups in total. The molecule has 0 aliphatic rings. The third-order valence-electron chi connectivity index (χ3n) is 1.64. The number of methoxy groups -OCH3 is 2. The van der Waals surface area contributed by atoms with Crippen molar-refractivity contribution in [3.63, 3.8) is 0 Å². The Morgan fingerprint density at radius 1 is 1.23 bits per heavy atom. The minimum Gasteiger partial charge on any atom is -0.359 e. The van der Waals surface area contributed by atoms with E-state index in [-0.39, 0.29) is 13.9 Å². The summed E-state index contributed by atoms with van der Waals surface area (Å²) < 4.78 is 13.8. The zero-order valence-corrected chi connectivity index (χ0v) is 13.1. The van der Waals surface area contributed by atoms with E-state index < -0.39 is 5.43 Å². The van der Waals surface area contributed by atoms with Crippen molar-refractivity contribution in [2.75, 3.05) is 20.8 Å². The minimum atomic E-state index is -1.03. The van der Waals surface area contributed by atoms with Gasteiger partial charge in [-0.2, -0.15) is 5.26 Å². The van der Waals surface area contributed by atoms with E-state index in [4.69, 9.17) is 32.1 Å². The van der Waals surface area contributed by atoms with Crippen LogP contribution < -0.4 is 11.9 Å². The van der Waals surface area contributed by atoms with Gasteiger partial charge in [0.1, 0.15) is 6.11 Å². The summed E-state index contributed by atoms with van der Waals surface area (Å²) in [6.45, 7) is 0.698. The maximum Gasteiger partial charge on any atom is 1.00 e. The van der Waals surface area contributed by atoms with E-state index in [1.165, 1.54) is 0 Å². The SMILES string of the molecule is COC(CCCN)OC.N.O=C(Cl)OC#CC#CC#COO.[H+]. The van der Waals surface area contributed by atoms with E-state index >= 15 is 0 Å². The van der Waals surface area contributed by atoms with Crippen molar-refractivity contribution in [2.45, 2.75) is 19.1 Å². The highest BCUT2D eigenvalue weighted by molar-refractivity contribution is 6.61. The van der Waals surface area contributed by atoms with E-state index in [0.717, 1.165) is 12.8 Å². The highest BCUT2D eigenvalue weighted by Gasteiger charge is 2.01. The van der Waals surface area contributed by atoms with Crippen molar-refractivity contribution in [1.29, 1.82) is 0 Å². The van der Waals surface area contributed by atoms with Crippen LogP contribution in [-0.2, 0) is 19.1 Å². The molecule has 0 saturated heterocycles. The zero-order valence-electron chi connectivity index (χ0n) is 13.3. The molecule has 0 aromatic heterocycles. The van der Waals surface area contributed by atoms with Crippen molar-refractivity contribution >= 4 is 17.0 Å². The smallest absolute Gasteiger partial charge is 0.359 e. The lowest BCUT2D eigenvalue weighted by atomic mass is 10.3. The molecule has 124 valence electrons. The number of rotatable bonds is 5. The Hall–Kier alpha value is -1.96. The molecule has 0 radical (unpaired) electrons. The monoisotopic (exact) mass is 335 g/mol. The second-order valence-electron chi connectivity index (χ2n) is 2.97. The fourth-order valence-corrected chi connectivity index (χ4v) is 0.857. The molecule has 0 aromatic rings. The number of hydrogen-bond acceptors (Lipinski definition) is 8. The molecule has 0 aliphatic carbocycles. The van der Waals surface area contributed by atoms with E-state index in [2.05, 4.69) is 33.3 Å². The van der Waals surface area contributed by atoms with Crippen LogP contribution in [0.3, 0.4) is 0 Å². The van der Waals surface area contributed by atoms with Gasteiger partial charge in [0.05, 0.1) is 0 Å². The van der Waals surface area contributed by atoms with Crippen molar-refractivity contribution in [3.8, 4) is 35.9 Å². The average molecular weight is 336 g/mol. The molecule has 0 aliphatic heterocycles. The third-order valence-corrected chi connectivity index (χ3v) is 1.71. The van der Waals surface area contributed by atoms with Gasteiger partial charge in [-0.1, -0.05) is 0 Å². The highest BCUT2D eigenvalue weighted by atomic mass is 35.5. The van der Waals surface area contributed by atoms with E-state index in [1.807, 2.05) is 6.11 Å². The number of nitrogens with two attached hydrogens (primary N) is 1. The summed E-state index contributed by atoms with van der Waals surface area (Å²) in [5, 5.41) is 7.68. The van der Waals surface area contributed by atoms with Crippen LogP contribution >= 0.6 is 11.6 Å². The fourth-order valence-electron chi connectivity index (χ4n) is 0.818. The summed E-state index contributed by atoms with van der Waals surface area (Å²) in [6, 6.07) is 0. The summed E-state index contributed by atoms with van der Waals surface area (Å²) >= 11 is 4.75. The van der Waals surface area contributed by atoms with Gasteiger partial charge >= 0.3 is 6.86 Å². The molecule has 0 saturated carbocycles. The lowest BCUT2D eigenvalue weighted by molar-refractivity contribution is -0.171. The van der Waals surface area contributed by atoms with Crippen molar-refractivity contribution in [3.05, 3.63) is 0 Å². The summed E-state index contributed by atoms with van der Waals surface area (Å²) in [4.78, 5) is 13.3. The summed E-state index contributed by atoms with van der Waals surface area (Å²) in [5.74, 6) is 8.48. The first kappa shape index (κ1) is 25.0. The lowest BCUT2D eigenvalue weighted by Crippen LogP contribution is -2.14. The van der Waals surface area contributed by atoms with Gasteiger partial charge in [-0.3, -0.25) is 4.89 Å². The van der Waals surface area contributed by atoms with Crippen LogP contribution in [0.15, 0.2) is 0 Å². The van der Waals surface area contributed by atoms with Crippen LogP contribution in [0.2, 0.25) is 0 Å². The van der Waals surface area contributed by atoms with Gasteiger partial charge in [0, 0.05) is 49.5 Å². The molecular weight excluding hydrogens is 316 g/mol. The van der Waals surface area contributed by atoms with Crippen LogP contribution in [0, 0.1) is 35.9 Å². The van der Waals surface area contributed by atoms with Gasteiger partial charge in [-0.25, -0.2) is 4.79 Å². The van der Waals surface area contributed by atoms with Crippen LogP contribution in [0.25, 0.3) is 0 Å². The number of ether oxygens (including phenoxy) is 3. The molecule has 8 nitrogen and oxygen atoms in total. The lowest BCUT2D eigenvalue weighted by Gasteiger charge is -2.11. The average Bonchev–Trinajstić information content (AvgIpc) is 2.48. The topological polar surface area (TPSA) is 135 Å². The quantitative estimate of drug-likeness (QED) is 0.225. The molecule has 0 atom stereocenters. The van der Waals surface area contributed by atoms with E-state index in [0.29, 0.717) is 6.54 Å². The largest absolute Gasteiger partial charge is 1.00 e. The Labute approximate surface area is 136 Å². The van der Waals surface area contributed by atoms with Gasteiger partial charge in [0.15, 0.2) is 12.4 Å². The van der Waals surface area contributed by atoms with Crippen molar-refractivity contribution in [2.24, 2.45) is 5.73 Å². The van der Waals surface area contributed by atoms with Crippen LogP contribution in [0.4, 0.5) is 4.79 Å². The summed E-state index contributed by atoms with van der Waals surface area (Å²) in [7, 11) is 3.26. The molecule has 0 bridgehead atoms. The Bertz CT molecular complexity index is 454. The number of carbonyl (C=O) groups excluding carboxylic acids is 1. The predicted molar refractivity (Wildman–Crippen MR) is 81.6 cm³/mol. The van der Waals surface area contributed by atoms with Gasteiger partial charge < -0.3 is 26.1 Å². The molecule has 0 amide bonds. The molecule has 0 heterocycles. The number of carbonyl (C=O) groups is 1. The Kier molecular flexibility index (Phi) is 24.3. The Balaban J connectivity index is -0.000000149. The molecule has 0 unspecified atom stereocenters. The minimum absolute atomic E-state index is 0. The first-order valence-electron chi connectivity index (χ1n) is 5.54. The number of hydrogen-bond donors (Lipinski definition) is 3. The van der Waals surface area contributed by atoms with Crippen LogP contribution in [0.5, 0.6) is 0 Å². The highest BCUT2D eigenvalue weighted by Crippen LogP contribution is 1.99. The van der Waals surface area contributed by atoms with Gasteiger partial charge in [0.25, 0.3) is 0 Å². The molecular formula is C13H20ClN2O6+. The van der Waals surface area contributed by atoms with Crippen LogP contribution in [-0.4, -0.2) is 37.7 Å². The van der Waals surface area contributed by atoms with Gasteiger partial charge in [-0.05, 0) is 19.4 Å². The molecule has 9 heteroatoms. The summed E-state index contributed by atoms with van der Waals surface area (Å²) in [5.41, 5.74) is 4.24. The molecule has 22 heavy (non-hydrogen) atoms. The van der Waals surface area contributed by atoms with Crippen molar-refractivity contribution in [1.82, 2.24) is 6.15 Å². The Morgan fingerprint density at radius 2 is 1.77 bits per heavy atom. The maximum atomic E-state index is 9.89. The van der Waals surface area contributed by atoms with Gasteiger partial charge in [-0.15, -0.1) is 0 Å². The zero-order chi connectivity index (χ0) is 16.3. The predicted octanol–water partition coefficient (Wildman–Crippen LogP) is 1.40. The van der Waals surface area contributed by atoms with E-state index in [9.17, 15) is 4.79 Å². The molecule has 0 rings (SSSR count). The second kappa shape index (κ2) is 21.3. The van der Waals surface area contributed by atoms with Crippen molar-refractivity contribution < 1.29 is 30.6 Å². The normalized spacial score (nSPS) is 7.36.